The second kappa shape index (κ2) is 10.4. The highest BCUT2D eigenvalue weighted by Crippen LogP contribution is 2.23. The second-order valence-electron chi connectivity index (χ2n) is 7.97. The van der Waals surface area contributed by atoms with Gasteiger partial charge in [0.15, 0.2) is 0 Å². The molecule has 0 radical (unpaired) electrons. The molecule has 0 bridgehead atoms. The van der Waals surface area contributed by atoms with Crippen LogP contribution in [0.1, 0.15) is 39.0 Å². The Morgan fingerprint density at radius 1 is 0.968 bits per heavy atom. The Morgan fingerprint density at radius 2 is 1.71 bits per heavy atom. The van der Waals surface area contributed by atoms with Crippen LogP contribution >= 0.6 is 0 Å². The van der Waals surface area contributed by atoms with Gasteiger partial charge in [-0.1, -0.05) is 48.5 Å². The summed E-state index contributed by atoms with van der Waals surface area (Å²) in [6.45, 7) is 5.50. The van der Waals surface area contributed by atoms with Gasteiger partial charge in [0.25, 0.3) is 5.91 Å². The van der Waals surface area contributed by atoms with E-state index in [0.29, 0.717) is 19.8 Å². The summed E-state index contributed by atoms with van der Waals surface area (Å²) in [7, 11) is 0. The molecular weight excluding hydrogens is 388 g/mol. The lowest BCUT2D eigenvalue weighted by atomic mass is 9.99. The zero-order valence-electron chi connectivity index (χ0n) is 18.0. The molecule has 5 nitrogen and oxygen atoms in total. The van der Waals surface area contributed by atoms with Gasteiger partial charge in [0.2, 0.25) is 0 Å². The number of aryl methyl sites for hydroxylation is 3. The molecule has 3 aromatic rings. The number of rotatable bonds is 8. The van der Waals surface area contributed by atoms with Gasteiger partial charge in [-0.15, -0.1) is 0 Å². The third-order valence-corrected chi connectivity index (χ3v) is 5.82. The van der Waals surface area contributed by atoms with Crippen LogP contribution in [0.3, 0.4) is 0 Å². The Labute approximate surface area is 184 Å². The molecule has 2 heterocycles. The van der Waals surface area contributed by atoms with Crippen LogP contribution in [0, 0.1) is 6.92 Å². The summed E-state index contributed by atoms with van der Waals surface area (Å²) in [6.07, 6.45) is 1.74. The summed E-state index contributed by atoms with van der Waals surface area (Å²) < 4.78 is 11.4. The van der Waals surface area contributed by atoms with E-state index in [-0.39, 0.29) is 11.9 Å². The molecular formula is C26H30N2O3. The van der Waals surface area contributed by atoms with Crippen LogP contribution in [0.4, 0.5) is 0 Å². The first-order valence-electron chi connectivity index (χ1n) is 11.0. The summed E-state index contributed by atoms with van der Waals surface area (Å²) in [5.41, 5.74) is 3.09. The largest absolute Gasteiger partial charge is 0.465 e. The maximum absolute atomic E-state index is 13.1. The quantitative estimate of drug-likeness (QED) is 0.596. The van der Waals surface area contributed by atoms with E-state index in [1.165, 1.54) is 5.56 Å². The number of amides is 1. The van der Waals surface area contributed by atoms with Gasteiger partial charge in [-0.2, -0.15) is 0 Å². The average molecular weight is 419 g/mol. The molecule has 0 aliphatic carbocycles. The van der Waals surface area contributed by atoms with Crippen molar-refractivity contribution in [1.82, 2.24) is 10.2 Å². The number of nitrogens with zero attached hydrogens (tertiary/aromatic N) is 1. The summed E-state index contributed by atoms with van der Waals surface area (Å²) in [5.74, 6) is 1.73. The van der Waals surface area contributed by atoms with Crippen molar-refractivity contribution in [3.8, 4) is 0 Å². The van der Waals surface area contributed by atoms with E-state index in [9.17, 15) is 4.79 Å². The summed E-state index contributed by atoms with van der Waals surface area (Å²) in [6, 6.07) is 22.3. The monoisotopic (exact) mass is 418 g/mol. The highest BCUT2D eigenvalue weighted by atomic mass is 16.5. The molecule has 4 rings (SSSR count). The molecule has 5 heteroatoms. The van der Waals surface area contributed by atoms with Gasteiger partial charge in [0.05, 0.1) is 19.3 Å². The molecule has 2 aromatic carbocycles. The molecule has 0 spiro atoms. The van der Waals surface area contributed by atoms with E-state index < -0.39 is 0 Å². The van der Waals surface area contributed by atoms with Crippen LogP contribution in [0.5, 0.6) is 0 Å². The molecule has 162 valence electrons. The summed E-state index contributed by atoms with van der Waals surface area (Å²) >= 11 is 0. The minimum absolute atomic E-state index is 0.00182. The molecule has 1 fully saturated rings. The molecule has 31 heavy (non-hydrogen) atoms. The Morgan fingerprint density at radius 3 is 2.45 bits per heavy atom. The van der Waals surface area contributed by atoms with E-state index in [1.54, 1.807) is 0 Å². The molecule has 1 N–H and O–H groups in total. The Balaban J connectivity index is 1.44. The molecule has 1 aliphatic rings. The van der Waals surface area contributed by atoms with Crippen molar-refractivity contribution in [3.63, 3.8) is 0 Å². The smallest absolute Gasteiger partial charge is 0.251 e. The number of carbonyl (C=O) groups excluding carboxylic acids is 1. The minimum atomic E-state index is -0.0369. The average Bonchev–Trinajstić information content (AvgIpc) is 3.25. The number of furan rings is 1. The Hall–Kier alpha value is -2.89. The van der Waals surface area contributed by atoms with E-state index in [1.807, 2.05) is 49.4 Å². The zero-order valence-corrected chi connectivity index (χ0v) is 18.0. The number of hydrogen-bond donors (Lipinski definition) is 1. The third-order valence-electron chi connectivity index (χ3n) is 5.82. The summed E-state index contributed by atoms with van der Waals surface area (Å²) in [4.78, 5) is 15.4. The van der Waals surface area contributed by atoms with E-state index in [4.69, 9.17) is 9.15 Å². The lowest BCUT2D eigenvalue weighted by molar-refractivity contribution is 0.0117. The van der Waals surface area contributed by atoms with Crippen molar-refractivity contribution in [1.29, 1.82) is 0 Å². The van der Waals surface area contributed by atoms with Crippen molar-refractivity contribution >= 4 is 5.91 Å². The van der Waals surface area contributed by atoms with E-state index >= 15 is 0 Å². The van der Waals surface area contributed by atoms with Gasteiger partial charge in [-0.05, 0) is 49.1 Å². The number of carbonyl (C=O) groups is 1. The molecule has 1 amide bonds. The van der Waals surface area contributed by atoms with Crippen LogP contribution in [0.25, 0.3) is 0 Å². The fourth-order valence-electron chi connectivity index (χ4n) is 4.10. The minimum Gasteiger partial charge on any atom is -0.465 e. The molecule has 0 saturated carbocycles. The lowest BCUT2D eigenvalue weighted by Gasteiger charge is -2.33. The highest BCUT2D eigenvalue weighted by molar-refractivity contribution is 5.95. The Bertz CT molecular complexity index is 977. The molecule has 1 atom stereocenters. The topological polar surface area (TPSA) is 54.7 Å². The van der Waals surface area contributed by atoms with Gasteiger partial charge in [-0.25, -0.2) is 0 Å². The van der Waals surface area contributed by atoms with Crippen molar-refractivity contribution in [2.24, 2.45) is 0 Å². The lowest BCUT2D eigenvalue weighted by Crippen LogP contribution is -2.43. The van der Waals surface area contributed by atoms with Crippen molar-refractivity contribution < 1.29 is 13.9 Å². The van der Waals surface area contributed by atoms with Crippen molar-refractivity contribution in [2.45, 2.75) is 25.8 Å². The molecule has 1 saturated heterocycles. The van der Waals surface area contributed by atoms with Gasteiger partial charge in [-0.3, -0.25) is 9.69 Å². The molecule has 1 aromatic heterocycles. The van der Waals surface area contributed by atoms with Gasteiger partial charge in [0.1, 0.15) is 11.5 Å². The number of ether oxygens (including phenoxy) is 1. The Kier molecular flexibility index (Phi) is 7.18. The van der Waals surface area contributed by atoms with Gasteiger partial charge < -0.3 is 14.5 Å². The van der Waals surface area contributed by atoms with Crippen LogP contribution in [0.15, 0.2) is 71.1 Å². The first-order chi connectivity index (χ1) is 15.2. The van der Waals surface area contributed by atoms with Crippen LogP contribution < -0.4 is 5.32 Å². The first kappa shape index (κ1) is 21.3. The number of morpholine rings is 1. The highest BCUT2D eigenvalue weighted by Gasteiger charge is 2.26. The number of benzene rings is 2. The predicted molar refractivity (Wildman–Crippen MR) is 121 cm³/mol. The van der Waals surface area contributed by atoms with Crippen molar-refractivity contribution in [2.75, 3.05) is 32.8 Å². The molecule has 1 unspecified atom stereocenters. The normalized spacial score (nSPS) is 15.5. The van der Waals surface area contributed by atoms with Gasteiger partial charge >= 0.3 is 0 Å². The second-order valence-corrected chi connectivity index (χ2v) is 7.97. The maximum Gasteiger partial charge on any atom is 0.251 e. The number of nitrogens with one attached hydrogen (secondary N) is 1. The van der Waals surface area contributed by atoms with Crippen LogP contribution in [-0.4, -0.2) is 43.7 Å². The third kappa shape index (κ3) is 5.63. The molecule has 1 aliphatic heterocycles. The van der Waals surface area contributed by atoms with Gasteiger partial charge in [0, 0.05) is 25.2 Å². The summed E-state index contributed by atoms with van der Waals surface area (Å²) in [5, 5.41) is 3.16. The van der Waals surface area contributed by atoms with Crippen molar-refractivity contribution in [3.05, 3.63) is 94.9 Å². The predicted octanol–water partition coefficient (Wildman–Crippen LogP) is 4.18. The fourth-order valence-corrected chi connectivity index (χ4v) is 4.10. The van der Waals surface area contributed by atoms with Crippen LogP contribution in [-0.2, 0) is 17.6 Å². The maximum atomic E-state index is 13.1. The van der Waals surface area contributed by atoms with Crippen LogP contribution in [0.2, 0.25) is 0 Å². The fraction of sp³-hybridized carbons (Fsp3) is 0.346. The zero-order chi connectivity index (χ0) is 21.5. The van der Waals surface area contributed by atoms with E-state index in [2.05, 4.69) is 34.5 Å². The SMILES string of the molecule is Cc1ccc(C(CNC(=O)c2ccccc2CCc2ccccc2)N2CCOCC2)o1. The standard InChI is InChI=1S/C26H30N2O3/c1-20-11-14-25(31-20)24(28-15-17-30-18-16-28)19-27-26(29)23-10-6-5-9-22(23)13-12-21-7-3-2-4-8-21/h2-11,14,24H,12-13,15-19H2,1H3,(H,27,29). The first-order valence-corrected chi connectivity index (χ1v) is 11.0. The van der Waals surface area contributed by atoms with E-state index in [0.717, 1.165) is 48.6 Å². The number of hydrogen-bond acceptors (Lipinski definition) is 4.